The van der Waals surface area contributed by atoms with Gasteiger partial charge in [0.25, 0.3) is 0 Å². The van der Waals surface area contributed by atoms with E-state index >= 15 is 0 Å². The zero-order valence-electron chi connectivity index (χ0n) is 22.1. The van der Waals surface area contributed by atoms with Gasteiger partial charge in [-0.25, -0.2) is 4.39 Å². The molecule has 0 saturated carbocycles. The van der Waals surface area contributed by atoms with Crippen molar-refractivity contribution in [2.45, 2.75) is 26.8 Å². The number of para-hydroxylation sites is 1. The molecule has 3 heterocycles. The van der Waals surface area contributed by atoms with E-state index in [0.29, 0.717) is 29.4 Å². The third kappa shape index (κ3) is 6.69. The number of aromatic nitrogens is 2. The number of hydrogen-bond acceptors (Lipinski definition) is 6. The number of halogens is 1. The molecule has 2 aromatic carbocycles. The SMILES string of the molecule is C[C@@H]1C[C@H](C)CN(c2cc(N3CCN(c4ccccc4)CC3)nc(NC(=S)NCc3ccc(F)cc3)n2)C1. The number of nitrogens with zero attached hydrogens (tertiary/aromatic N) is 5. The number of piperazine rings is 1. The second kappa shape index (κ2) is 11.9. The Morgan fingerprint density at radius 3 is 2.13 bits per heavy atom. The number of rotatable bonds is 6. The minimum Gasteiger partial charge on any atom is -0.368 e. The highest BCUT2D eigenvalue weighted by molar-refractivity contribution is 7.80. The summed E-state index contributed by atoms with van der Waals surface area (Å²) < 4.78 is 13.2. The lowest BCUT2D eigenvalue weighted by Crippen LogP contribution is -2.47. The molecule has 2 aliphatic heterocycles. The lowest BCUT2D eigenvalue weighted by molar-refractivity contribution is 0.355. The van der Waals surface area contributed by atoms with Gasteiger partial charge in [-0.15, -0.1) is 0 Å². The first-order valence-corrected chi connectivity index (χ1v) is 13.8. The van der Waals surface area contributed by atoms with E-state index in [-0.39, 0.29) is 5.82 Å². The summed E-state index contributed by atoms with van der Waals surface area (Å²) in [7, 11) is 0. The minimum absolute atomic E-state index is 0.252. The monoisotopic (exact) mass is 533 g/mol. The highest BCUT2D eigenvalue weighted by Crippen LogP contribution is 2.29. The van der Waals surface area contributed by atoms with E-state index in [2.05, 4.69) is 75.6 Å². The molecule has 2 aliphatic rings. The van der Waals surface area contributed by atoms with E-state index in [9.17, 15) is 4.39 Å². The van der Waals surface area contributed by atoms with Crippen molar-refractivity contribution in [2.75, 3.05) is 59.3 Å². The average molecular weight is 534 g/mol. The molecular weight excluding hydrogens is 497 g/mol. The Morgan fingerprint density at radius 2 is 1.47 bits per heavy atom. The predicted octanol–water partition coefficient (Wildman–Crippen LogP) is 4.91. The Balaban J connectivity index is 1.31. The van der Waals surface area contributed by atoms with Gasteiger partial charge >= 0.3 is 0 Å². The van der Waals surface area contributed by atoms with Gasteiger partial charge in [0.15, 0.2) is 5.11 Å². The van der Waals surface area contributed by atoms with Crippen molar-refractivity contribution >= 4 is 40.6 Å². The van der Waals surface area contributed by atoms with Gasteiger partial charge in [-0.05, 0) is 60.3 Å². The van der Waals surface area contributed by atoms with E-state index in [1.807, 2.05) is 0 Å². The molecule has 2 N–H and O–H groups in total. The van der Waals surface area contributed by atoms with E-state index in [1.54, 1.807) is 12.1 Å². The number of benzene rings is 2. The van der Waals surface area contributed by atoms with Crippen molar-refractivity contribution in [2.24, 2.45) is 11.8 Å². The maximum absolute atomic E-state index is 13.2. The maximum Gasteiger partial charge on any atom is 0.232 e. The van der Waals surface area contributed by atoms with Crippen molar-refractivity contribution in [1.29, 1.82) is 0 Å². The molecule has 0 aliphatic carbocycles. The summed E-state index contributed by atoms with van der Waals surface area (Å²) in [6.07, 6.45) is 1.23. The van der Waals surface area contributed by atoms with Crippen molar-refractivity contribution in [3.8, 4) is 0 Å². The molecule has 7 nitrogen and oxygen atoms in total. The van der Waals surface area contributed by atoms with Crippen LogP contribution in [0.4, 0.5) is 27.7 Å². The predicted molar refractivity (Wildman–Crippen MR) is 158 cm³/mol. The first-order valence-electron chi connectivity index (χ1n) is 13.4. The average Bonchev–Trinajstić information content (AvgIpc) is 2.93. The van der Waals surface area contributed by atoms with Crippen LogP contribution in [0, 0.1) is 17.7 Å². The highest BCUT2D eigenvalue weighted by Gasteiger charge is 2.25. The molecule has 0 bridgehead atoms. The van der Waals surface area contributed by atoms with Crippen LogP contribution in [-0.2, 0) is 6.54 Å². The van der Waals surface area contributed by atoms with Crippen LogP contribution < -0.4 is 25.3 Å². The first kappa shape index (κ1) is 26.2. The summed E-state index contributed by atoms with van der Waals surface area (Å²) in [6, 6.07) is 19.1. The molecule has 2 saturated heterocycles. The van der Waals surface area contributed by atoms with Crippen LogP contribution in [0.1, 0.15) is 25.8 Å². The lowest BCUT2D eigenvalue weighted by atomic mass is 9.92. The third-order valence-electron chi connectivity index (χ3n) is 7.21. The largest absolute Gasteiger partial charge is 0.368 e. The molecule has 2 atom stereocenters. The van der Waals surface area contributed by atoms with Crippen LogP contribution in [0.5, 0.6) is 0 Å². The zero-order valence-corrected chi connectivity index (χ0v) is 22.9. The van der Waals surface area contributed by atoms with E-state index in [0.717, 1.165) is 56.5 Å². The number of nitrogens with one attached hydrogen (secondary N) is 2. The second-order valence-corrected chi connectivity index (χ2v) is 10.9. The highest BCUT2D eigenvalue weighted by atomic mass is 32.1. The van der Waals surface area contributed by atoms with Gasteiger partial charge < -0.3 is 25.3 Å². The summed E-state index contributed by atoms with van der Waals surface area (Å²) in [6.45, 7) is 10.7. The lowest BCUT2D eigenvalue weighted by Gasteiger charge is -2.38. The van der Waals surface area contributed by atoms with Crippen LogP contribution >= 0.6 is 12.2 Å². The Hall–Kier alpha value is -3.46. The van der Waals surface area contributed by atoms with Crippen LogP contribution in [-0.4, -0.2) is 54.3 Å². The summed E-state index contributed by atoms with van der Waals surface area (Å²) in [5.41, 5.74) is 2.20. The second-order valence-electron chi connectivity index (χ2n) is 10.5. The number of hydrogen-bond donors (Lipinski definition) is 2. The molecule has 38 heavy (non-hydrogen) atoms. The van der Waals surface area contributed by atoms with Crippen molar-refractivity contribution in [3.05, 3.63) is 72.0 Å². The zero-order chi connectivity index (χ0) is 26.5. The Bertz CT molecular complexity index is 1210. The molecule has 3 aromatic rings. The summed E-state index contributed by atoms with van der Waals surface area (Å²) >= 11 is 5.56. The fraction of sp³-hybridized carbons (Fsp3) is 0.414. The van der Waals surface area contributed by atoms with Gasteiger partial charge in [0.1, 0.15) is 17.5 Å². The molecule has 0 spiro atoms. The van der Waals surface area contributed by atoms with Crippen molar-refractivity contribution in [3.63, 3.8) is 0 Å². The molecule has 200 valence electrons. The molecule has 0 unspecified atom stereocenters. The summed E-state index contributed by atoms with van der Waals surface area (Å²) in [4.78, 5) is 16.9. The van der Waals surface area contributed by atoms with E-state index in [4.69, 9.17) is 22.2 Å². The summed E-state index contributed by atoms with van der Waals surface area (Å²) in [5.74, 6) is 3.31. The number of anilines is 4. The minimum atomic E-state index is -0.252. The normalized spacial score (nSPS) is 19.8. The molecule has 9 heteroatoms. The first-order chi connectivity index (χ1) is 18.4. The molecule has 0 radical (unpaired) electrons. The number of piperidine rings is 1. The number of thiocarbonyl (C=S) groups is 1. The van der Waals surface area contributed by atoms with Crippen LogP contribution in [0.25, 0.3) is 0 Å². The third-order valence-corrected chi connectivity index (χ3v) is 7.46. The topological polar surface area (TPSA) is 59.6 Å². The van der Waals surface area contributed by atoms with Gasteiger partial charge in [0.2, 0.25) is 5.95 Å². The maximum atomic E-state index is 13.2. The van der Waals surface area contributed by atoms with Gasteiger partial charge in [0, 0.05) is 57.6 Å². The fourth-order valence-corrected chi connectivity index (χ4v) is 5.58. The van der Waals surface area contributed by atoms with Crippen molar-refractivity contribution < 1.29 is 4.39 Å². The molecule has 1 aromatic heterocycles. The van der Waals surface area contributed by atoms with Crippen LogP contribution in [0.3, 0.4) is 0 Å². The smallest absolute Gasteiger partial charge is 0.232 e. The Labute approximate surface area is 230 Å². The standard InChI is InChI=1S/C29H36FN7S/c1-21-16-22(2)20-37(19-21)27-17-26(36-14-12-35(13-15-36)25-6-4-3-5-7-25)32-28(33-27)34-29(38)31-18-23-8-10-24(30)11-9-23/h3-11,17,21-22H,12-16,18-20H2,1-2H3,(H2,31,32,33,34,38)/t21-,22+. The Morgan fingerprint density at radius 1 is 0.868 bits per heavy atom. The summed E-state index contributed by atoms with van der Waals surface area (Å²) in [5, 5.41) is 6.82. The Kier molecular flexibility index (Phi) is 8.22. The van der Waals surface area contributed by atoms with Gasteiger partial charge in [0.05, 0.1) is 0 Å². The van der Waals surface area contributed by atoms with Gasteiger partial charge in [-0.1, -0.05) is 44.2 Å². The van der Waals surface area contributed by atoms with E-state index < -0.39 is 0 Å². The van der Waals surface area contributed by atoms with Gasteiger partial charge in [-0.2, -0.15) is 9.97 Å². The fourth-order valence-electron chi connectivity index (χ4n) is 5.41. The molecule has 5 rings (SSSR count). The molecular formula is C29H36FN7S. The van der Waals surface area contributed by atoms with Crippen molar-refractivity contribution in [1.82, 2.24) is 15.3 Å². The van der Waals surface area contributed by atoms with Gasteiger partial charge in [-0.3, -0.25) is 0 Å². The molecule has 2 fully saturated rings. The quantitative estimate of drug-likeness (QED) is 0.434. The van der Waals surface area contributed by atoms with Crippen LogP contribution in [0.2, 0.25) is 0 Å². The van der Waals surface area contributed by atoms with E-state index in [1.165, 1.54) is 24.2 Å². The van der Waals surface area contributed by atoms with Crippen LogP contribution in [0.15, 0.2) is 60.7 Å². The molecule has 0 amide bonds.